The lowest BCUT2D eigenvalue weighted by Gasteiger charge is -2.62. The summed E-state index contributed by atoms with van der Waals surface area (Å²) in [7, 11) is 0. The molecule has 0 aromatic heterocycles. The summed E-state index contributed by atoms with van der Waals surface area (Å²) < 4.78 is 0. The Morgan fingerprint density at radius 3 is 2.29 bits per heavy atom. The molecule has 0 saturated heterocycles. The fourth-order valence-corrected chi connectivity index (χ4v) is 10.0. The van der Waals surface area contributed by atoms with E-state index in [0.29, 0.717) is 16.2 Å². The predicted octanol–water partition coefficient (Wildman–Crippen LogP) is 8.64. The van der Waals surface area contributed by atoms with Crippen molar-refractivity contribution >= 4 is 0 Å². The second-order valence-electron chi connectivity index (χ2n) is 14.5. The van der Waals surface area contributed by atoms with E-state index in [4.69, 9.17) is 0 Å². The first kappa shape index (κ1) is 24.1. The molecule has 0 spiro atoms. The Kier molecular flexibility index (Phi) is 6.47. The molecule has 4 saturated carbocycles. The number of rotatable bonds is 6. The third-order valence-corrected chi connectivity index (χ3v) is 11.9. The van der Waals surface area contributed by atoms with Crippen LogP contribution in [0.1, 0.15) is 132 Å². The van der Waals surface area contributed by atoms with E-state index >= 15 is 0 Å². The van der Waals surface area contributed by atoms with Crippen LogP contribution in [-0.4, -0.2) is 10.7 Å². The fourth-order valence-electron chi connectivity index (χ4n) is 10.0. The molecular formula is C30H54O. The molecule has 4 rings (SSSR count). The third-order valence-electron chi connectivity index (χ3n) is 11.9. The molecule has 0 amide bonds. The summed E-state index contributed by atoms with van der Waals surface area (Å²) in [6.07, 6.45) is 17.7. The maximum atomic E-state index is 10.8. The van der Waals surface area contributed by atoms with Gasteiger partial charge in [0.15, 0.2) is 0 Å². The molecule has 9 atom stereocenters. The highest BCUT2D eigenvalue weighted by Crippen LogP contribution is 2.69. The molecule has 31 heavy (non-hydrogen) atoms. The van der Waals surface area contributed by atoms with Crippen LogP contribution in [0.2, 0.25) is 0 Å². The number of hydrogen-bond acceptors (Lipinski definition) is 1. The molecule has 0 aromatic rings. The van der Waals surface area contributed by atoms with Crippen LogP contribution in [0.3, 0.4) is 0 Å². The lowest BCUT2D eigenvalue weighted by molar-refractivity contribution is -0.148. The van der Waals surface area contributed by atoms with E-state index < -0.39 is 5.60 Å². The SMILES string of the molecule is CCCC(C)(C)CC[C@@H](C)[C@H]1CC[C@H]2[C@@H]3CC[C@@H]4C[C@@](C)(O)CC[C@]4(C)[C@H]3CC[C@]12C. The molecule has 0 aromatic carbocycles. The molecule has 180 valence electrons. The normalized spacial score (nSPS) is 48.6. The van der Waals surface area contributed by atoms with Crippen molar-refractivity contribution in [1.29, 1.82) is 0 Å². The molecule has 1 heteroatoms. The van der Waals surface area contributed by atoms with Crippen molar-refractivity contribution in [2.75, 3.05) is 0 Å². The van der Waals surface area contributed by atoms with Crippen molar-refractivity contribution in [3.8, 4) is 0 Å². The van der Waals surface area contributed by atoms with Gasteiger partial charge in [-0.3, -0.25) is 0 Å². The smallest absolute Gasteiger partial charge is 0.0622 e. The molecule has 0 unspecified atom stereocenters. The van der Waals surface area contributed by atoms with Crippen molar-refractivity contribution in [1.82, 2.24) is 0 Å². The Bertz CT molecular complexity index is 634. The summed E-state index contributed by atoms with van der Waals surface area (Å²) in [5.41, 5.74) is 1.22. The van der Waals surface area contributed by atoms with Crippen molar-refractivity contribution in [3.63, 3.8) is 0 Å². The van der Waals surface area contributed by atoms with Gasteiger partial charge < -0.3 is 5.11 Å². The minimum atomic E-state index is -0.403. The van der Waals surface area contributed by atoms with Gasteiger partial charge in [-0.1, -0.05) is 48.0 Å². The number of hydrogen-bond donors (Lipinski definition) is 1. The van der Waals surface area contributed by atoms with Gasteiger partial charge >= 0.3 is 0 Å². The van der Waals surface area contributed by atoms with Gasteiger partial charge in [-0.25, -0.2) is 0 Å². The minimum absolute atomic E-state index is 0.403. The first-order chi connectivity index (χ1) is 14.4. The largest absolute Gasteiger partial charge is 0.390 e. The van der Waals surface area contributed by atoms with E-state index in [1.807, 2.05) is 0 Å². The molecule has 0 radical (unpaired) electrons. The fraction of sp³-hybridized carbons (Fsp3) is 1.00. The Hall–Kier alpha value is -0.0400. The lowest BCUT2D eigenvalue weighted by atomic mass is 9.43. The van der Waals surface area contributed by atoms with Crippen LogP contribution in [0.4, 0.5) is 0 Å². The summed E-state index contributed by atoms with van der Waals surface area (Å²) in [5, 5.41) is 10.8. The zero-order valence-corrected chi connectivity index (χ0v) is 22.1. The van der Waals surface area contributed by atoms with Gasteiger partial charge in [0.25, 0.3) is 0 Å². The topological polar surface area (TPSA) is 20.2 Å². The van der Waals surface area contributed by atoms with E-state index in [9.17, 15) is 5.11 Å². The van der Waals surface area contributed by atoms with Crippen LogP contribution in [0.15, 0.2) is 0 Å². The van der Waals surface area contributed by atoms with E-state index in [1.165, 1.54) is 70.6 Å². The summed E-state index contributed by atoms with van der Waals surface area (Å²) in [5.74, 6) is 5.48. The maximum absolute atomic E-state index is 10.8. The molecule has 0 aliphatic heterocycles. The van der Waals surface area contributed by atoms with Crippen LogP contribution >= 0.6 is 0 Å². The van der Waals surface area contributed by atoms with E-state index in [1.54, 1.807) is 0 Å². The molecule has 1 N–H and O–H groups in total. The molecule has 4 fully saturated rings. The highest BCUT2D eigenvalue weighted by atomic mass is 16.3. The maximum Gasteiger partial charge on any atom is 0.0622 e. The van der Waals surface area contributed by atoms with Gasteiger partial charge in [0.05, 0.1) is 5.60 Å². The first-order valence-corrected chi connectivity index (χ1v) is 14.1. The lowest BCUT2D eigenvalue weighted by Crippen LogP contribution is -2.55. The zero-order chi connectivity index (χ0) is 22.7. The third kappa shape index (κ3) is 4.28. The van der Waals surface area contributed by atoms with Gasteiger partial charge in [0.2, 0.25) is 0 Å². The van der Waals surface area contributed by atoms with Crippen molar-refractivity contribution in [2.24, 2.45) is 51.8 Å². The second-order valence-corrected chi connectivity index (χ2v) is 14.5. The van der Waals surface area contributed by atoms with Gasteiger partial charge in [0, 0.05) is 0 Å². The molecule has 4 aliphatic carbocycles. The van der Waals surface area contributed by atoms with E-state index in [0.717, 1.165) is 48.3 Å². The molecule has 0 heterocycles. The van der Waals surface area contributed by atoms with E-state index in [2.05, 4.69) is 48.5 Å². The summed E-state index contributed by atoms with van der Waals surface area (Å²) in [6.45, 7) is 17.4. The highest BCUT2D eigenvalue weighted by molar-refractivity contribution is 5.10. The van der Waals surface area contributed by atoms with Gasteiger partial charge in [-0.2, -0.15) is 0 Å². The Balaban J connectivity index is 1.45. The van der Waals surface area contributed by atoms with Crippen molar-refractivity contribution in [2.45, 2.75) is 138 Å². The standard InChI is InChI=1S/C30H54O/c1-8-15-27(3,4)16-13-21(2)24-11-12-25-23-10-9-22-20-28(5,31)18-19-29(22,6)26(23)14-17-30(24,25)7/h21-26,31H,8-20H2,1-7H3/t21-,22-,23+,24-,25+,26+,28+,29+,30-/m1/s1. The number of aliphatic hydroxyl groups is 1. The van der Waals surface area contributed by atoms with Gasteiger partial charge in [-0.15, -0.1) is 0 Å². The van der Waals surface area contributed by atoms with Gasteiger partial charge in [0.1, 0.15) is 0 Å². The average molecular weight is 431 g/mol. The Morgan fingerprint density at radius 1 is 0.871 bits per heavy atom. The predicted molar refractivity (Wildman–Crippen MR) is 133 cm³/mol. The molecule has 4 aliphatic rings. The van der Waals surface area contributed by atoms with E-state index in [-0.39, 0.29) is 0 Å². The first-order valence-electron chi connectivity index (χ1n) is 14.1. The quantitative estimate of drug-likeness (QED) is 0.447. The summed E-state index contributed by atoms with van der Waals surface area (Å²) >= 11 is 0. The molecule has 1 nitrogen and oxygen atoms in total. The average Bonchev–Trinajstić information content (AvgIpc) is 3.04. The summed E-state index contributed by atoms with van der Waals surface area (Å²) in [6, 6.07) is 0. The van der Waals surface area contributed by atoms with Crippen molar-refractivity contribution in [3.05, 3.63) is 0 Å². The second kappa shape index (κ2) is 8.32. The Morgan fingerprint density at radius 2 is 1.58 bits per heavy atom. The number of fused-ring (bicyclic) bond motifs is 5. The van der Waals surface area contributed by atoms with Crippen LogP contribution in [0.25, 0.3) is 0 Å². The molecule has 0 bridgehead atoms. The van der Waals surface area contributed by atoms with Crippen LogP contribution in [-0.2, 0) is 0 Å². The van der Waals surface area contributed by atoms with Gasteiger partial charge in [-0.05, 0) is 136 Å². The van der Waals surface area contributed by atoms with Crippen LogP contribution in [0, 0.1) is 51.8 Å². The van der Waals surface area contributed by atoms with Crippen LogP contribution < -0.4 is 0 Å². The minimum Gasteiger partial charge on any atom is -0.390 e. The zero-order valence-electron chi connectivity index (χ0n) is 22.1. The van der Waals surface area contributed by atoms with Crippen molar-refractivity contribution < 1.29 is 5.11 Å². The Labute approximate surface area is 194 Å². The highest BCUT2D eigenvalue weighted by Gasteiger charge is 2.61. The van der Waals surface area contributed by atoms with Crippen LogP contribution in [0.5, 0.6) is 0 Å². The molecular weight excluding hydrogens is 376 g/mol. The summed E-state index contributed by atoms with van der Waals surface area (Å²) in [4.78, 5) is 0. The monoisotopic (exact) mass is 430 g/mol.